The Labute approximate surface area is 150 Å². The fourth-order valence-electron chi connectivity index (χ4n) is 3.02. The van der Waals surface area contributed by atoms with Crippen LogP contribution in [0.1, 0.15) is 23.6 Å². The van der Waals surface area contributed by atoms with Crippen molar-refractivity contribution in [3.05, 3.63) is 77.4 Å². The summed E-state index contributed by atoms with van der Waals surface area (Å²) in [6.45, 7) is 9.07. The van der Waals surface area contributed by atoms with Gasteiger partial charge in [-0.1, -0.05) is 54.6 Å². The fourth-order valence-corrected chi connectivity index (χ4v) is 3.02. The molecule has 0 saturated heterocycles. The van der Waals surface area contributed by atoms with Crippen LogP contribution in [0.4, 0.5) is 5.69 Å². The molecular weight excluding hydrogens is 308 g/mol. The number of nitrogens with zero attached hydrogens (tertiary/aromatic N) is 2. The van der Waals surface area contributed by atoms with Crippen LogP contribution < -0.4 is 16.0 Å². The lowest BCUT2D eigenvalue weighted by molar-refractivity contribution is 0.835. The number of guanidine groups is 1. The summed E-state index contributed by atoms with van der Waals surface area (Å²) >= 11 is 0. The van der Waals surface area contributed by atoms with Gasteiger partial charge in [0.2, 0.25) is 0 Å². The molecule has 4 nitrogen and oxygen atoms in total. The molecule has 0 atom stereocenters. The maximum absolute atomic E-state index is 5.84. The number of fused-ring (bicyclic) bond motifs is 1. The van der Waals surface area contributed by atoms with Crippen LogP contribution in [0.15, 0.2) is 65.7 Å². The highest BCUT2D eigenvalue weighted by molar-refractivity contribution is 5.78. The second-order valence-corrected chi connectivity index (χ2v) is 6.63. The number of nitrogens with one attached hydrogen (secondary N) is 1. The normalized spacial score (nSPS) is 13.6. The lowest BCUT2D eigenvalue weighted by Crippen LogP contribution is -2.32. The second kappa shape index (κ2) is 7.88. The largest absolute Gasteiger partial charge is 0.370 e. The molecule has 3 rings (SSSR count). The average Bonchev–Trinajstić information content (AvgIpc) is 3.02. The summed E-state index contributed by atoms with van der Waals surface area (Å²) in [6, 6.07) is 17.3. The number of hydrogen-bond acceptors (Lipinski definition) is 2. The minimum Gasteiger partial charge on any atom is -0.370 e. The van der Waals surface area contributed by atoms with E-state index in [1.807, 2.05) is 6.92 Å². The van der Waals surface area contributed by atoms with Crippen LogP contribution in [0.5, 0.6) is 0 Å². The first kappa shape index (κ1) is 17.1. The zero-order valence-electron chi connectivity index (χ0n) is 14.8. The van der Waals surface area contributed by atoms with E-state index in [-0.39, 0.29) is 0 Å². The van der Waals surface area contributed by atoms with E-state index < -0.39 is 0 Å². The van der Waals surface area contributed by atoms with Gasteiger partial charge in [0.05, 0.1) is 6.54 Å². The number of aliphatic imine (C=N–C) groups is 1. The van der Waals surface area contributed by atoms with E-state index in [1.54, 1.807) is 0 Å². The molecule has 1 aliphatic heterocycles. The number of benzene rings is 2. The van der Waals surface area contributed by atoms with Crippen LogP contribution in [-0.4, -0.2) is 19.0 Å². The minimum absolute atomic E-state index is 0.459. The van der Waals surface area contributed by atoms with Gasteiger partial charge in [0.1, 0.15) is 0 Å². The summed E-state index contributed by atoms with van der Waals surface area (Å²) in [4.78, 5) is 6.81. The summed E-state index contributed by atoms with van der Waals surface area (Å²) < 4.78 is 0. The number of nitrogens with two attached hydrogens (primary N) is 1. The van der Waals surface area contributed by atoms with Crippen molar-refractivity contribution < 1.29 is 0 Å². The monoisotopic (exact) mass is 334 g/mol. The van der Waals surface area contributed by atoms with E-state index in [4.69, 9.17) is 5.73 Å². The van der Waals surface area contributed by atoms with Gasteiger partial charge in [0.25, 0.3) is 0 Å². The lowest BCUT2D eigenvalue weighted by atomic mass is 10.1. The maximum Gasteiger partial charge on any atom is 0.189 e. The number of rotatable bonds is 6. The Morgan fingerprint density at radius 1 is 1.16 bits per heavy atom. The van der Waals surface area contributed by atoms with Gasteiger partial charge < -0.3 is 16.0 Å². The molecule has 1 heterocycles. The summed E-state index contributed by atoms with van der Waals surface area (Å²) in [5.41, 5.74) is 12.2. The Bertz CT molecular complexity index is 762. The van der Waals surface area contributed by atoms with E-state index in [1.165, 1.54) is 16.8 Å². The molecule has 130 valence electrons. The smallest absolute Gasteiger partial charge is 0.189 e. The number of hydrogen-bond donors (Lipinski definition) is 2. The molecule has 25 heavy (non-hydrogen) atoms. The van der Waals surface area contributed by atoms with E-state index in [2.05, 4.69) is 70.3 Å². The van der Waals surface area contributed by atoms with Gasteiger partial charge in [0.15, 0.2) is 5.96 Å². The predicted molar refractivity (Wildman–Crippen MR) is 106 cm³/mol. The first-order valence-electron chi connectivity index (χ1n) is 8.70. The van der Waals surface area contributed by atoms with Crippen LogP contribution in [0.3, 0.4) is 0 Å². The second-order valence-electron chi connectivity index (χ2n) is 6.63. The topological polar surface area (TPSA) is 53.6 Å². The van der Waals surface area contributed by atoms with Gasteiger partial charge in [-0.05, 0) is 36.1 Å². The van der Waals surface area contributed by atoms with Crippen LogP contribution >= 0.6 is 0 Å². The van der Waals surface area contributed by atoms with Crippen molar-refractivity contribution in [2.24, 2.45) is 10.7 Å². The zero-order chi connectivity index (χ0) is 17.6. The summed E-state index contributed by atoms with van der Waals surface area (Å²) in [6.07, 6.45) is 1.14. The third kappa shape index (κ3) is 4.63. The summed E-state index contributed by atoms with van der Waals surface area (Å²) in [5.74, 6) is 0.459. The molecule has 0 aliphatic carbocycles. The van der Waals surface area contributed by atoms with Gasteiger partial charge in [-0.3, -0.25) is 0 Å². The van der Waals surface area contributed by atoms with Gasteiger partial charge in [-0.15, -0.1) is 0 Å². The molecule has 0 spiro atoms. The molecule has 2 aromatic rings. The van der Waals surface area contributed by atoms with Crippen LogP contribution in [0, 0.1) is 0 Å². The molecule has 3 N–H and O–H groups in total. The molecule has 0 bridgehead atoms. The fraction of sp³-hybridized carbons (Fsp3) is 0.286. The quantitative estimate of drug-likeness (QED) is 0.484. The van der Waals surface area contributed by atoms with E-state index in [9.17, 15) is 0 Å². The van der Waals surface area contributed by atoms with Crippen molar-refractivity contribution in [3.8, 4) is 0 Å². The van der Waals surface area contributed by atoms with Crippen LogP contribution in [0.25, 0.3) is 0 Å². The number of anilines is 1. The van der Waals surface area contributed by atoms with Crippen molar-refractivity contribution in [2.75, 3.05) is 18.0 Å². The Kier molecular flexibility index (Phi) is 5.39. The Balaban J connectivity index is 1.56. The van der Waals surface area contributed by atoms with Gasteiger partial charge in [-0.2, -0.15) is 0 Å². The molecule has 1 aliphatic rings. The van der Waals surface area contributed by atoms with Crippen molar-refractivity contribution in [1.82, 2.24) is 5.32 Å². The molecule has 0 amide bonds. The van der Waals surface area contributed by atoms with Crippen molar-refractivity contribution in [2.45, 2.75) is 26.4 Å². The van der Waals surface area contributed by atoms with Crippen molar-refractivity contribution in [1.29, 1.82) is 0 Å². The van der Waals surface area contributed by atoms with Gasteiger partial charge in [-0.25, -0.2) is 4.99 Å². The van der Waals surface area contributed by atoms with E-state index in [0.717, 1.165) is 30.6 Å². The Morgan fingerprint density at radius 3 is 2.64 bits per heavy atom. The lowest BCUT2D eigenvalue weighted by Gasteiger charge is -2.19. The molecule has 0 unspecified atom stereocenters. The third-order valence-electron chi connectivity index (χ3n) is 4.38. The Hall–Kier alpha value is -2.75. The SMILES string of the molecule is C=C(C)CNC(N)=NCc1ccc(CN2CCc3ccccc32)cc1. The molecule has 2 aromatic carbocycles. The predicted octanol–water partition coefficient (Wildman–Crippen LogP) is 3.23. The van der Waals surface area contributed by atoms with Gasteiger partial charge in [0, 0.05) is 25.3 Å². The molecular formula is C21H26N4. The molecule has 0 aromatic heterocycles. The average molecular weight is 334 g/mol. The first-order chi connectivity index (χ1) is 12.1. The van der Waals surface area contributed by atoms with Crippen LogP contribution in [-0.2, 0) is 19.5 Å². The maximum atomic E-state index is 5.84. The molecule has 0 saturated carbocycles. The summed E-state index contributed by atoms with van der Waals surface area (Å²) in [5, 5.41) is 3.04. The zero-order valence-corrected chi connectivity index (χ0v) is 14.8. The standard InChI is InChI=1S/C21H26N4/c1-16(2)13-23-21(22)24-14-17-7-9-18(10-8-17)15-25-12-11-19-5-3-4-6-20(19)25/h3-10H,1,11-15H2,2H3,(H3,22,23,24). The molecule has 4 heteroatoms. The summed E-state index contributed by atoms with van der Waals surface area (Å²) in [7, 11) is 0. The number of para-hydroxylation sites is 1. The highest BCUT2D eigenvalue weighted by atomic mass is 15.1. The van der Waals surface area contributed by atoms with Crippen molar-refractivity contribution in [3.63, 3.8) is 0 Å². The minimum atomic E-state index is 0.459. The van der Waals surface area contributed by atoms with E-state index in [0.29, 0.717) is 19.0 Å². The van der Waals surface area contributed by atoms with E-state index >= 15 is 0 Å². The van der Waals surface area contributed by atoms with Crippen molar-refractivity contribution >= 4 is 11.6 Å². The molecule has 0 fully saturated rings. The van der Waals surface area contributed by atoms with Crippen LogP contribution in [0.2, 0.25) is 0 Å². The Morgan fingerprint density at radius 2 is 1.88 bits per heavy atom. The highest BCUT2D eigenvalue weighted by Crippen LogP contribution is 2.28. The first-order valence-corrected chi connectivity index (χ1v) is 8.70. The molecule has 0 radical (unpaired) electrons. The third-order valence-corrected chi connectivity index (χ3v) is 4.38. The highest BCUT2D eigenvalue weighted by Gasteiger charge is 2.17. The van der Waals surface area contributed by atoms with Gasteiger partial charge >= 0.3 is 0 Å².